The second kappa shape index (κ2) is 8.87. The minimum absolute atomic E-state index is 0.00496. The standard InChI is InChI=1S/C24H29NO4/c1-3-12-28-21-15-17(27-2)14-19-23(21)22-18(24(19)26)8-6-9-20(22)29-13-10-16-7-4-5-11-25-16/h6,8-9,14-16,25H,3-5,7,10-13H2,1-2H3. The first kappa shape index (κ1) is 19.8. The molecule has 1 aliphatic heterocycles. The van der Waals surface area contributed by atoms with Gasteiger partial charge >= 0.3 is 0 Å². The molecule has 154 valence electrons. The predicted molar refractivity (Wildman–Crippen MR) is 113 cm³/mol. The van der Waals surface area contributed by atoms with Crippen molar-refractivity contribution in [1.82, 2.24) is 5.32 Å². The maximum absolute atomic E-state index is 13.1. The van der Waals surface area contributed by atoms with E-state index in [1.807, 2.05) is 24.3 Å². The number of methoxy groups -OCH3 is 1. The molecule has 0 bridgehead atoms. The summed E-state index contributed by atoms with van der Waals surface area (Å²) in [5, 5.41) is 3.56. The summed E-state index contributed by atoms with van der Waals surface area (Å²) >= 11 is 0. The number of piperidine rings is 1. The molecule has 2 aromatic rings. The van der Waals surface area contributed by atoms with E-state index in [1.54, 1.807) is 13.2 Å². The van der Waals surface area contributed by atoms with Crippen LogP contribution < -0.4 is 19.5 Å². The van der Waals surface area contributed by atoms with E-state index in [9.17, 15) is 4.79 Å². The van der Waals surface area contributed by atoms with Gasteiger partial charge in [0.1, 0.15) is 17.2 Å². The van der Waals surface area contributed by atoms with Crippen LogP contribution in [0.15, 0.2) is 30.3 Å². The molecule has 1 fully saturated rings. The number of fused-ring (bicyclic) bond motifs is 3. The summed E-state index contributed by atoms with van der Waals surface area (Å²) in [6, 6.07) is 9.88. The minimum atomic E-state index is -0.00496. The Labute approximate surface area is 172 Å². The fourth-order valence-corrected chi connectivity index (χ4v) is 4.20. The monoisotopic (exact) mass is 395 g/mol. The van der Waals surface area contributed by atoms with Gasteiger partial charge in [-0.2, -0.15) is 0 Å². The van der Waals surface area contributed by atoms with Crippen molar-refractivity contribution in [2.75, 3.05) is 26.9 Å². The third kappa shape index (κ3) is 3.97. The van der Waals surface area contributed by atoms with Crippen LogP contribution in [0.4, 0.5) is 0 Å². The average Bonchev–Trinajstić information content (AvgIpc) is 3.06. The SMILES string of the molecule is CCCOc1cc(OC)cc2c1-c1c(OCCC3CCCCN3)cccc1C2=O. The number of rotatable bonds is 8. The molecule has 2 aromatic carbocycles. The van der Waals surface area contributed by atoms with Crippen LogP contribution in [-0.4, -0.2) is 38.7 Å². The van der Waals surface area contributed by atoms with E-state index in [0.717, 1.165) is 36.3 Å². The van der Waals surface area contributed by atoms with Crippen molar-refractivity contribution in [3.63, 3.8) is 0 Å². The second-order valence-corrected chi connectivity index (χ2v) is 7.69. The number of hydrogen-bond acceptors (Lipinski definition) is 5. The molecule has 0 amide bonds. The molecule has 0 radical (unpaired) electrons. The van der Waals surface area contributed by atoms with Crippen molar-refractivity contribution < 1.29 is 19.0 Å². The van der Waals surface area contributed by atoms with E-state index in [4.69, 9.17) is 14.2 Å². The van der Waals surface area contributed by atoms with Gasteiger partial charge in [0.2, 0.25) is 0 Å². The van der Waals surface area contributed by atoms with E-state index < -0.39 is 0 Å². The molecule has 1 N–H and O–H groups in total. The number of nitrogens with one attached hydrogen (secondary N) is 1. The molecule has 1 aliphatic carbocycles. The summed E-state index contributed by atoms with van der Waals surface area (Å²) in [4.78, 5) is 13.1. The van der Waals surface area contributed by atoms with Gasteiger partial charge < -0.3 is 19.5 Å². The molecule has 29 heavy (non-hydrogen) atoms. The zero-order chi connectivity index (χ0) is 20.2. The molecule has 5 heteroatoms. The first-order valence-corrected chi connectivity index (χ1v) is 10.6. The van der Waals surface area contributed by atoms with Crippen LogP contribution in [0.1, 0.15) is 54.9 Å². The van der Waals surface area contributed by atoms with Gasteiger partial charge in [0.15, 0.2) is 5.78 Å². The fraction of sp³-hybridized carbons (Fsp3) is 0.458. The van der Waals surface area contributed by atoms with Crippen molar-refractivity contribution in [3.05, 3.63) is 41.5 Å². The summed E-state index contributed by atoms with van der Waals surface area (Å²) < 4.78 is 17.6. The summed E-state index contributed by atoms with van der Waals surface area (Å²) in [6.45, 7) is 4.36. The Bertz CT molecular complexity index is 887. The van der Waals surface area contributed by atoms with Gasteiger partial charge in [0.05, 0.1) is 20.3 Å². The van der Waals surface area contributed by atoms with E-state index in [1.165, 1.54) is 19.3 Å². The van der Waals surface area contributed by atoms with Crippen LogP contribution in [0, 0.1) is 0 Å². The lowest BCUT2D eigenvalue weighted by Crippen LogP contribution is -2.35. The van der Waals surface area contributed by atoms with Crippen molar-refractivity contribution in [1.29, 1.82) is 0 Å². The van der Waals surface area contributed by atoms with Gasteiger partial charge in [-0.3, -0.25) is 4.79 Å². The van der Waals surface area contributed by atoms with Crippen LogP contribution in [0.3, 0.4) is 0 Å². The normalized spacial score (nSPS) is 17.6. The molecule has 0 saturated carbocycles. The quantitative estimate of drug-likeness (QED) is 0.604. The Morgan fingerprint density at radius 3 is 2.62 bits per heavy atom. The molecule has 5 nitrogen and oxygen atoms in total. The van der Waals surface area contributed by atoms with Gasteiger partial charge in [0.25, 0.3) is 0 Å². The zero-order valence-electron chi connectivity index (χ0n) is 17.3. The number of carbonyl (C=O) groups is 1. The minimum Gasteiger partial charge on any atom is -0.497 e. The lowest BCUT2D eigenvalue weighted by molar-refractivity contribution is 0.104. The highest BCUT2D eigenvalue weighted by atomic mass is 16.5. The van der Waals surface area contributed by atoms with Crippen LogP contribution >= 0.6 is 0 Å². The lowest BCUT2D eigenvalue weighted by Gasteiger charge is -2.23. The number of carbonyl (C=O) groups excluding carboxylic acids is 1. The number of hydrogen-bond donors (Lipinski definition) is 1. The molecule has 1 atom stereocenters. The Kier molecular flexibility index (Phi) is 6.05. The molecule has 0 spiro atoms. The van der Waals surface area contributed by atoms with E-state index in [-0.39, 0.29) is 5.78 Å². The molecule has 0 aromatic heterocycles. The maximum Gasteiger partial charge on any atom is 0.194 e. The molecular formula is C24H29NO4. The van der Waals surface area contributed by atoms with Gasteiger partial charge in [-0.05, 0) is 44.4 Å². The highest BCUT2D eigenvalue weighted by Crippen LogP contribution is 2.49. The smallest absolute Gasteiger partial charge is 0.194 e. The first-order chi connectivity index (χ1) is 14.2. The summed E-state index contributed by atoms with van der Waals surface area (Å²) in [7, 11) is 1.60. The molecule has 1 saturated heterocycles. The maximum atomic E-state index is 13.1. The third-order valence-corrected chi connectivity index (χ3v) is 5.67. The number of ketones is 1. The fourth-order valence-electron chi connectivity index (χ4n) is 4.20. The second-order valence-electron chi connectivity index (χ2n) is 7.69. The van der Waals surface area contributed by atoms with Crippen molar-refractivity contribution in [2.24, 2.45) is 0 Å². The average molecular weight is 395 g/mol. The lowest BCUT2D eigenvalue weighted by atomic mass is 10.0. The molecule has 1 heterocycles. The van der Waals surface area contributed by atoms with Crippen LogP contribution in [0.25, 0.3) is 11.1 Å². The summed E-state index contributed by atoms with van der Waals surface area (Å²) in [6.07, 6.45) is 5.59. The number of ether oxygens (including phenoxy) is 3. The van der Waals surface area contributed by atoms with Crippen molar-refractivity contribution in [3.8, 4) is 28.4 Å². The van der Waals surface area contributed by atoms with Gasteiger partial charge in [-0.25, -0.2) is 0 Å². The molecule has 4 rings (SSSR count). The first-order valence-electron chi connectivity index (χ1n) is 10.6. The van der Waals surface area contributed by atoms with Gasteiger partial charge in [-0.1, -0.05) is 25.5 Å². The largest absolute Gasteiger partial charge is 0.497 e. The molecule has 1 unspecified atom stereocenters. The zero-order valence-corrected chi connectivity index (χ0v) is 17.3. The van der Waals surface area contributed by atoms with E-state index in [0.29, 0.717) is 41.9 Å². The van der Waals surface area contributed by atoms with Crippen LogP contribution in [0.5, 0.6) is 17.2 Å². The van der Waals surface area contributed by atoms with Gasteiger partial charge in [-0.15, -0.1) is 0 Å². The Morgan fingerprint density at radius 2 is 1.86 bits per heavy atom. The Morgan fingerprint density at radius 1 is 1.03 bits per heavy atom. The van der Waals surface area contributed by atoms with Crippen LogP contribution in [-0.2, 0) is 0 Å². The molecular weight excluding hydrogens is 366 g/mol. The van der Waals surface area contributed by atoms with E-state index in [2.05, 4.69) is 12.2 Å². The highest BCUT2D eigenvalue weighted by Gasteiger charge is 2.33. The topological polar surface area (TPSA) is 56.8 Å². The Hall–Kier alpha value is -2.53. The summed E-state index contributed by atoms with van der Waals surface area (Å²) in [5.74, 6) is 2.05. The number of benzene rings is 2. The van der Waals surface area contributed by atoms with E-state index >= 15 is 0 Å². The van der Waals surface area contributed by atoms with Crippen LogP contribution in [0.2, 0.25) is 0 Å². The predicted octanol–water partition coefficient (Wildman–Crippen LogP) is 4.61. The highest BCUT2D eigenvalue weighted by molar-refractivity contribution is 6.23. The van der Waals surface area contributed by atoms with Crippen molar-refractivity contribution in [2.45, 2.75) is 45.1 Å². The Balaban J connectivity index is 1.64. The third-order valence-electron chi connectivity index (χ3n) is 5.67. The summed E-state index contributed by atoms with van der Waals surface area (Å²) in [5.41, 5.74) is 2.96. The van der Waals surface area contributed by atoms with Crippen molar-refractivity contribution >= 4 is 5.78 Å². The van der Waals surface area contributed by atoms with Gasteiger partial charge in [0, 0.05) is 34.4 Å². The molecule has 2 aliphatic rings.